The lowest BCUT2D eigenvalue weighted by atomic mass is 10.2. The average Bonchev–Trinajstić information content (AvgIpc) is 2.53. The molecule has 0 aliphatic heterocycles. The highest BCUT2D eigenvalue weighted by atomic mass is 35.5. The molecule has 0 saturated heterocycles. The van der Waals surface area contributed by atoms with Crippen molar-refractivity contribution in [2.24, 2.45) is 0 Å². The molecular weight excluding hydrogens is 312 g/mol. The van der Waals surface area contributed by atoms with Crippen molar-refractivity contribution in [1.82, 2.24) is 4.98 Å². The zero-order chi connectivity index (χ0) is 16.8. The van der Waals surface area contributed by atoms with Crippen LogP contribution in [0.3, 0.4) is 0 Å². The number of anilines is 2. The monoisotopic (exact) mass is 326 g/mol. The summed E-state index contributed by atoms with van der Waals surface area (Å²) >= 11 is 6.01. The average molecular weight is 327 g/mol. The minimum atomic E-state index is -0.521. The second-order valence-corrected chi connectivity index (χ2v) is 5.36. The van der Waals surface area contributed by atoms with Gasteiger partial charge in [-0.05, 0) is 43.2 Å². The summed E-state index contributed by atoms with van der Waals surface area (Å²) in [4.78, 5) is 16.2. The topological polar surface area (TPSA) is 77.8 Å². The Morgan fingerprint density at radius 2 is 2.09 bits per heavy atom. The number of nitrogens with zero attached hydrogens (tertiary/aromatic N) is 2. The summed E-state index contributed by atoms with van der Waals surface area (Å²) in [6, 6.07) is 10.7. The normalized spacial score (nSPS) is 10.8. The van der Waals surface area contributed by atoms with Gasteiger partial charge in [-0.15, -0.1) is 0 Å². The van der Waals surface area contributed by atoms with Gasteiger partial charge in [0.1, 0.15) is 17.5 Å². The van der Waals surface area contributed by atoms with Gasteiger partial charge in [0, 0.05) is 23.1 Å². The Balaban J connectivity index is 2.08. The van der Waals surface area contributed by atoms with Crippen molar-refractivity contribution >= 4 is 29.0 Å². The van der Waals surface area contributed by atoms with Crippen LogP contribution < -0.4 is 10.6 Å². The fourth-order valence-electron chi connectivity index (χ4n) is 1.72. The van der Waals surface area contributed by atoms with Crippen LogP contribution >= 0.6 is 11.6 Å². The van der Waals surface area contributed by atoms with Crippen LogP contribution in [0.25, 0.3) is 0 Å². The molecule has 0 bridgehead atoms. The van der Waals surface area contributed by atoms with E-state index in [2.05, 4.69) is 15.6 Å². The van der Waals surface area contributed by atoms with E-state index < -0.39 is 5.91 Å². The lowest BCUT2D eigenvalue weighted by Crippen LogP contribution is -2.14. The molecule has 1 amide bonds. The smallest absolute Gasteiger partial charge is 0.267 e. The Hall–Kier alpha value is -2.84. The molecule has 1 heterocycles. The molecule has 0 aliphatic rings. The molecule has 0 atom stereocenters. The van der Waals surface area contributed by atoms with Crippen molar-refractivity contribution in [3.8, 4) is 6.07 Å². The number of pyridine rings is 1. The van der Waals surface area contributed by atoms with Crippen molar-refractivity contribution in [3.05, 3.63) is 64.5 Å². The summed E-state index contributed by atoms with van der Waals surface area (Å²) in [5.41, 5.74) is 2.39. The van der Waals surface area contributed by atoms with Crippen LogP contribution in [-0.2, 0) is 4.79 Å². The van der Waals surface area contributed by atoms with Crippen molar-refractivity contribution in [1.29, 1.82) is 5.26 Å². The highest BCUT2D eigenvalue weighted by Gasteiger charge is 2.10. The Kier molecular flexibility index (Phi) is 5.34. The number of benzene rings is 1. The van der Waals surface area contributed by atoms with Gasteiger partial charge in [-0.25, -0.2) is 4.98 Å². The Labute approximate surface area is 139 Å². The minimum Gasteiger partial charge on any atom is -0.345 e. The first-order chi connectivity index (χ1) is 11.0. The van der Waals surface area contributed by atoms with E-state index in [1.165, 1.54) is 6.20 Å². The summed E-state index contributed by atoms with van der Waals surface area (Å²) in [6.07, 6.45) is 3.01. The van der Waals surface area contributed by atoms with Gasteiger partial charge in [0.2, 0.25) is 0 Å². The molecule has 2 rings (SSSR count). The van der Waals surface area contributed by atoms with Crippen LogP contribution in [0.1, 0.15) is 11.1 Å². The van der Waals surface area contributed by atoms with Gasteiger partial charge in [0.25, 0.3) is 5.91 Å². The molecular formula is C17H15ClN4O. The first-order valence-corrected chi connectivity index (χ1v) is 7.24. The maximum absolute atomic E-state index is 12.1. The van der Waals surface area contributed by atoms with Gasteiger partial charge in [-0.2, -0.15) is 5.26 Å². The third-order valence-corrected chi connectivity index (χ3v) is 3.48. The molecule has 0 radical (unpaired) electrons. The standard InChI is InChI=1S/C17H15ClN4O/c1-11-3-6-16(20-9-11)21-10-13(8-19)17(23)22-14-5-4-12(2)15(18)7-14/h3-7,9-10H,1-2H3,(H,20,21)(H,22,23)/b13-10-. The number of hydrogen-bond donors (Lipinski definition) is 2. The molecule has 0 unspecified atom stereocenters. The third kappa shape index (κ3) is 4.56. The van der Waals surface area contributed by atoms with E-state index in [-0.39, 0.29) is 5.57 Å². The van der Waals surface area contributed by atoms with E-state index in [0.717, 1.165) is 11.1 Å². The summed E-state index contributed by atoms with van der Waals surface area (Å²) in [5.74, 6) is 0.0292. The number of carbonyl (C=O) groups is 1. The van der Waals surface area contributed by atoms with Crippen molar-refractivity contribution in [2.75, 3.05) is 10.6 Å². The van der Waals surface area contributed by atoms with Gasteiger partial charge < -0.3 is 10.6 Å². The SMILES string of the molecule is Cc1ccc(N/C=C(/C#N)C(=O)Nc2ccc(C)c(Cl)c2)nc1. The molecule has 0 aliphatic carbocycles. The van der Waals surface area contributed by atoms with Crippen LogP contribution in [0.2, 0.25) is 5.02 Å². The van der Waals surface area contributed by atoms with E-state index >= 15 is 0 Å². The number of nitriles is 1. The quantitative estimate of drug-likeness (QED) is 0.661. The zero-order valence-electron chi connectivity index (χ0n) is 12.7. The predicted molar refractivity (Wildman–Crippen MR) is 91.1 cm³/mol. The van der Waals surface area contributed by atoms with Gasteiger partial charge in [-0.3, -0.25) is 4.79 Å². The number of nitrogens with one attached hydrogen (secondary N) is 2. The maximum atomic E-state index is 12.1. The second kappa shape index (κ2) is 7.43. The van der Waals surface area contributed by atoms with E-state index in [1.807, 2.05) is 26.0 Å². The highest BCUT2D eigenvalue weighted by molar-refractivity contribution is 6.31. The molecule has 5 nitrogen and oxygen atoms in total. The highest BCUT2D eigenvalue weighted by Crippen LogP contribution is 2.20. The molecule has 1 aromatic carbocycles. The van der Waals surface area contributed by atoms with Gasteiger partial charge in [-0.1, -0.05) is 23.7 Å². The van der Waals surface area contributed by atoms with Gasteiger partial charge in [0.05, 0.1) is 0 Å². The van der Waals surface area contributed by atoms with E-state index in [9.17, 15) is 4.79 Å². The fourth-order valence-corrected chi connectivity index (χ4v) is 1.90. The third-order valence-electron chi connectivity index (χ3n) is 3.07. The molecule has 0 spiro atoms. The Morgan fingerprint density at radius 1 is 1.30 bits per heavy atom. The first-order valence-electron chi connectivity index (χ1n) is 6.86. The molecule has 23 heavy (non-hydrogen) atoms. The van der Waals surface area contributed by atoms with Crippen LogP contribution in [-0.4, -0.2) is 10.9 Å². The van der Waals surface area contributed by atoms with Crippen molar-refractivity contribution in [3.63, 3.8) is 0 Å². The second-order valence-electron chi connectivity index (χ2n) is 4.95. The summed E-state index contributed by atoms with van der Waals surface area (Å²) in [7, 11) is 0. The molecule has 0 saturated carbocycles. The largest absolute Gasteiger partial charge is 0.345 e. The Morgan fingerprint density at radius 3 is 2.70 bits per heavy atom. The number of rotatable bonds is 4. The van der Waals surface area contributed by atoms with Crippen LogP contribution in [0.4, 0.5) is 11.5 Å². The molecule has 2 aromatic rings. The first kappa shape index (κ1) is 16.5. The molecule has 1 aromatic heterocycles. The lowest BCUT2D eigenvalue weighted by Gasteiger charge is -2.06. The zero-order valence-corrected chi connectivity index (χ0v) is 13.5. The summed E-state index contributed by atoms with van der Waals surface area (Å²) in [6.45, 7) is 3.79. The number of carbonyl (C=O) groups excluding carboxylic acids is 1. The molecule has 2 N–H and O–H groups in total. The van der Waals surface area contributed by atoms with E-state index in [1.54, 1.807) is 30.5 Å². The van der Waals surface area contributed by atoms with Gasteiger partial charge in [0.15, 0.2) is 0 Å². The minimum absolute atomic E-state index is 0.0657. The van der Waals surface area contributed by atoms with E-state index in [4.69, 9.17) is 16.9 Å². The molecule has 6 heteroatoms. The van der Waals surface area contributed by atoms with Crippen molar-refractivity contribution < 1.29 is 4.79 Å². The van der Waals surface area contributed by atoms with Crippen LogP contribution in [0.15, 0.2) is 48.3 Å². The van der Waals surface area contributed by atoms with Crippen molar-refractivity contribution in [2.45, 2.75) is 13.8 Å². The Bertz CT molecular complexity index is 791. The summed E-state index contributed by atoms with van der Waals surface area (Å²) in [5, 5.41) is 15.1. The fraction of sp³-hybridized carbons (Fsp3) is 0.118. The van der Waals surface area contributed by atoms with Crippen LogP contribution in [0, 0.1) is 25.2 Å². The summed E-state index contributed by atoms with van der Waals surface area (Å²) < 4.78 is 0. The number of aromatic nitrogens is 1. The predicted octanol–water partition coefficient (Wildman–Crippen LogP) is 3.81. The lowest BCUT2D eigenvalue weighted by molar-refractivity contribution is -0.112. The molecule has 116 valence electrons. The number of halogens is 1. The number of amides is 1. The number of hydrogen-bond acceptors (Lipinski definition) is 4. The number of aryl methyl sites for hydroxylation is 2. The van der Waals surface area contributed by atoms with Crippen LogP contribution in [0.5, 0.6) is 0 Å². The maximum Gasteiger partial charge on any atom is 0.267 e. The molecule has 0 fully saturated rings. The van der Waals surface area contributed by atoms with Gasteiger partial charge >= 0.3 is 0 Å². The van der Waals surface area contributed by atoms with E-state index in [0.29, 0.717) is 16.5 Å².